The predicted octanol–water partition coefficient (Wildman–Crippen LogP) is 3.43. The van der Waals surface area contributed by atoms with Gasteiger partial charge < -0.3 is 0 Å². The number of hydrogen-bond donors (Lipinski definition) is 0. The quantitative estimate of drug-likeness (QED) is 0.507. The second kappa shape index (κ2) is 3.14. The number of rotatable bonds is 0. The minimum Gasteiger partial charge on any atom is -0.0952 e. The Morgan fingerprint density at radius 2 is 1.75 bits per heavy atom. The van der Waals surface area contributed by atoms with Crippen molar-refractivity contribution in [3.63, 3.8) is 0 Å². The van der Waals surface area contributed by atoms with Gasteiger partial charge >= 0.3 is 0 Å². The minimum absolute atomic E-state index is 1.18. The van der Waals surface area contributed by atoms with Crippen molar-refractivity contribution in [2.75, 3.05) is 0 Å². The maximum absolute atomic E-state index is 4.12. The molecule has 0 fully saturated rings. The van der Waals surface area contributed by atoms with Gasteiger partial charge in [0, 0.05) is 0 Å². The van der Waals surface area contributed by atoms with Crippen LogP contribution >= 0.6 is 0 Å². The largest absolute Gasteiger partial charge is 0.0952 e. The van der Waals surface area contributed by atoms with E-state index < -0.39 is 0 Å². The second-order valence-corrected chi connectivity index (χ2v) is 3.47. The first kappa shape index (κ1) is 7.60. The summed E-state index contributed by atoms with van der Waals surface area (Å²) in [6.45, 7) is 4.12. The molecule has 0 aromatic heterocycles. The summed E-state index contributed by atoms with van der Waals surface area (Å²) in [5, 5.41) is 0. The summed E-state index contributed by atoms with van der Waals surface area (Å²) in [6, 6.07) is 8.65. The van der Waals surface area contributed by atoms with Crippen LogP contribution in [-0.4, -0.2) is 0 Å². The lowest BCUT2D eigenvalue weighted by Crippen LogP contribution is -1.87. The Morgan fingerprint density at radius 1 is 1.00 bits per heavy atom. The highest BCUT2D eigenvalue weighted by Crippen LogP contribution is 2.27. The molecule has 2 rings (SSSR count). The zero-order valence-corrected chi connectivity index (χ0v) is 7.34. The summed E-state index contributed by atoms with van der Waals surface area (Å²) in [7, 11) is 0. The Morgan fingerprint density at radius 3 is 2.67 bits per heavy atom. The second-order valence-electron chi connectivity index (χ2n) is 3.47. The van der Waals surface area contributed by atoms with Gasteiger partial charge in [-0.2, -0.15) is 0 Å². The SMILES string of the molecule is C=C1CCCCc2ccccc21. The first-order valence-corrected chi connectivity index (χ1v) is 4.64. The molecule has 0 heterocycles. The molecule has 0 nitrogen and oxygen atoms in total. The van der Waals surface area contributed by atoms with Crippen LogP contribution in [0.4, 0.5) is 0 Å². The van der Waals surface area contributed by atoms with E-state index in [0.717, 1.165) is 0 Å². The molecular weight excluding hydrogens is 144 g/mol. The van der Waals surface area contributed by atoms with Gasteiger partial charge in [0.05, 0.1) is 0 Å². The molecule has 0 spiro atoms. The fourth-order valence-electron chi connectivity index (χ4n) is 1.87. The smallest absolute Gasteiger partial charge is 0.0198 e. The highest BCUT2D eigenvalue weighted by Gasteiger charge is 2.08. The molecule has 0 aliphatic heterocycles. The molecule has 0 amide bonds. The molecule has 0 atom stereocenters. The normalized spacial score (nSPS) is 16.8. The molecule has 0 bridgehead atoms. The van der Waals surface area contributed by atoms with Crippen LogP contribution in [0.15, 0.2) is 30.8 Å². The van der Waals surface area contributed by atoms with E-state index in [1.54, 1.807) is 0 Å². The molecule has 0 radical (unpaired) electrons. The van der Waals surface area contributed by atoms with Crippen molar-refractivity contribution in [3.05, 3.63) is 42.0 Å². The third-order valence-corrected chi connectivity index (χ3v) is 2.57. The van der Waals surface area contributed by atoms with E-state index in [-0.39, 0.29) is 0 Å². The lowest BCUT2D eigenvalue weighted by molar-refractivity contribution is 0.771. The van der Waals surface area contributed by atoms with Crippen molar-refractivity contribution < 1.29 is 0 Å². The zero-order chi connectivity index (χ0) is 8.39. The molecular formula is C12H14. The third-order valence-electron chi connectivity index (χ3n) is 2.57. The van der Waals surface area contributed by atoms with Crippen LogP contribution in [0.2, 0.25) is 0 Å². The molecule has 0 heteroatoms. The maximum Gasteiger partial charge on any atom is -0.0198 e. The molecule has 0 unspecified atom stereocenters. The molecule has 12 heavy (non-hydrogen) atoms. The Labute approximate surface area is 73.9 Å². The topological polar surface area (TPSA) is 0 Å². The summed E-state index contributed by atoms with van der Waals surface area (Å²) >= 11 is 0. The molecule has 0 saturated carbocycles. The van der Waals surface area contributed by atoms with Crippen molar-refractivity contribution in [1.82, 2.24) is 0 Å². The van der Waals surface area contributed by atoms with E-state index in [9.17, 15) is 0 Å². The Kier molecular flexibility index (Phi) is 1.99. The van der Waals surface area contributed by atoms with Crippen LogP contribution in [0.25, 0.3) is 5.57 Å². The lowest BCUT2D eigenvalue weighted by atomic mass is 10.0. The molecule has 1 aliphatic rings. The number of hydrogen-bond acceptors (Lipinski definition) is 0. The monoisotopic (exact) mass is 158 g/mol. The predicted molar refractivity (Wildman–Crippen MR) is 53.0 cm³/mol. The standard InChI is InChI=1S/C12H14/c1-10-6-2-3-7-11-8-4-5-9-12(10)11/h4-5,8-9H,1-3,6-7H2. The van der Waals surface area contributed by atoms with Gasteiger partial charge in [0.25, 0.3) is 0 Å². The first-order chi connectivity index (χ1) is 5.88. The number of fused-ring (bicyclic) bond motifs is 1. The van der Waals surface area contributed by atoms with Crippen LogP contribution in [0.3, 0.4) is 0 Å². The molecule has 62 valence electrons. The van der Waals surface area contributed by atoms with Gasteiger partial charge in [0.2, 0.25) is 0 Å². The first-order valence-electron chi connectivity index (χ1n) is 4.64. The summed E-state index contributed by atoms with van der Waals surface area (Å²) in [5.74, 6) is 0. The van der Waals surface area contributed by atoms with Crippen LogP contribution in [0.5, 0.6) is 0 Å². The van der Waals surface area contributed by atoms with E-state index >= 15 is 0 Å². The average molecular weight is 158 g/mol. The van der Waals surface area contributed by atoms with Crippen molar-refractivity contribution in [3.8, 4) is 0 Å². The van der Waals surface area contributed by atoms with Crippen molar-refractivity contribution in [2.24, 2.45) is 0 Å². The van der Waals surface area contributed by atoms with Gasteiger partial charge in [-0.3, -0.25) is 0 Å². The Bertz CT molecular complexity index is 297. The highest BCUT2D eigenvalue weighted by molar-refractivity contribution is 5.66. The van der Waals surface area contributed by atoms with E-state index in [4.69, 9.17) is 0 Å². The summed E-state index contributed by atoms with van der Waals surface area (Å²) in [5.41, 5.74) is 4.21. The summed E-state index contributed by atoms with van der Waals surface area (Å²) in [6.07, 6.45) is 5.02. The van der Waals surface area contributed by atoms with E-state index in [1.165, 1.54) is 42.4 Å². The minimum atomic E-state index is 1.18. The van der Waals surface area contributed by atoms with Crippen LogP contribution in [-0.2, 0) is 6.42 Å². The van der Waals surface area contributed by atoms with E-state index in [2.05, 4.69) is 30.8 Å². The molecule has 0 N–H and O–H groups in total. The third kappa shape index (κ3) is 1.29. The van der Waals surface area contributed by atoms with Crippen LogP contribution < -0.4 is 0 Å². The Balaban J connectivity index is 2.46. The van der Waals surface area contributed by atoms with Gasteiger partial charge in [0.15, 0.2) is 0 Å². The van der Waals surface area contributed by atoms with Crippen LogP contribution in [0.1, 0.15) is 30.4 Å². The van der Waals surface area contributed by atoms with E-state index in [0.29, 0.717) is 0 Å². The number of aryl methyl sites for hydroxylation is 1. The van der Waals surface area contributed by atoms with Gasteiger partial charge in [-0.25, -0.2) is 0 Å². The highest BCUT2D eigenvalue weighted by atomic mass is 14.1. The maximum atomic E-state index is 4.12. The lowest BCUT2D eigenvalue weighted by Gasteiger charge is -2.05. The Hall–Kier alpha value is -1.04. The van der Waals surface area contributed by atoms with Gasteiger partial charge in [-0.05, 0) is 42.4 Å². The van der Waals surface area contributed by atoms with Crippen LogP contribution in [0, 0.1) is 0 Å². The molecule has 1 aliphatic carbocycles. The summed E-state index contributed by atoms with van der Waals surface area (Å²) < 4.78 is 0. The van der Waals surface area contributed by atoms with Crippen molar-refractivity contribution in [2.45, 2.75) is 25.7 Å². The number of benzene rings is 1. The summed E-state index contributed by atoms with van der Waals surface area (Å²) in [4.78, 5) is 0. The average Bonchev–Trinajstić information content (AvgIpc) is 2.29. The van der Waals surface area contributed by atoms with E-state index in [1.807, 2.05) is 0 Å². The van der Waals surface area contributed by atoms with Crippen molar-refractivity contribution in [1.29, 1.82) is 0 Å². The van der Waals surface area contributed by atoms with Gasteiger partial charge in [-0.1, -0.05) is 30.8 Å². The molecule has 1 aromatic rings. The fraction of sp³-hybridized carbons (Fsp3) is 0.333. The zero-order valence-electron chi connectivity index (χ0n) is 7.34. The van der Waals surface area contributed by atoms with Gasteiger partial charge in [0.1, 0.15) is 0 Å². The fourth-order valence-corrected chi connectivity index (χ4v) is 1.87. The van der Waals surface area contributed by atoms with Gasteiger partial charge in [-0.15, -0.1) is 0 Å². The molecule has 0 saturated heterocycles. The number of allylic oxidation sites excluding steroid dienone is 1. The van der Waals surface area contributed by atoms with Crippen molar-refractivity contribution >= 4 is 5.57 Å². The molecule has 1 aromatic carbocycles.